The van der Waals surface area contributed by atoms with Crippen molar-refractivity contribution >= 4 is 47.7 Å². The normalized spacial score (nSPS) is 10.2. The van der Waals surface area contributed by atoms with Crippen molar-refractivity contribution in [3.8, 4) is 0 Å². The van der Waals surface area contributed by atoms with E-state index in [2.05, 4.69) is 170 Å². The van der Waals surface area contributed by atoms with Gasteiger partial charge in [0.1, 0.15) is 0 Å². The van der Waals surface area contributed by atoms with Gasteiger partial charge in [0.2, 0.25) is 0 Å². The van der Waals surface area contributed by atoms with Crippen molar-refractivity contribution in [2.24, 2.45) is 0 Å². The summed E-state index contributed by atoms with van der Waals surface area (Å²) in [5, 5.41) is 8.47. The molecule has 0 radical (unpaired) electrons. The van der Waals surface area contributed by atoms with Crippen LogP contribution in [0.25, 0.3) is 0 Å². The molecule has 6 aromatic carbocycles. The van der Waals surface area contributed by atoms with Gasteiger partial charge in [0.15, 0.2) is 0 Å². The van der Waals surface area contributed by atoms with Crippen LogP contribution in [-0.2, 0) is 36.5 Å². The van der Waals surface area contributed by atoms with Crippen LogP contribution in [0.5, 0.6) is 0 Å². The molecule has 0 bridgehead atoms. The molecule has 0 spiro atoms. The van der Waals surface area contributed by atoms with E-state index in [-0.39, 0.29) is 36.5 Å². The quantitative estimate of drug-likeness (QED) is 0.112. The van der Waals surface area contributed by atoms with E-state index in [9.17, 15) is 0 Å². The second-order valence-corrected chi connectivity index (χ2v) is 12.7. The van der Waals surface area contributed by atoms with Crippen LogP contribution < -0.4 is 31.8 Å². The van der Waals surface area contributed by atoms with E-state index in [0.29, 0.717) is 0 Å². The van der Waals surface area contributed by atoms with Gasteiger partial charge >= 0.3 is 17.1 Å². The van der Waals surface area contributed by atoms with Gasteiger partial charge in [-0.3, -0.25) is 0 Å². The summed E-state index contributed by atoms with van der Waals surface area (Å²) < 4.78 is 0. The zero-order valence-corrected chi connectivity index (χ0v) is 25.4. The van der Waals surface area contributed by atoms with E-state index in [1.54, 1.807) is 0 Å². The predicted octanol–water partition coefficient (Wildman–Crippen LogP) is 6.32. The molecule has 0 atom stereocenters. The molecule has 6 rings (SSSR count). The second kappa shape index (κ2) is 15.9. The topological polar surface area (TPSA) is 0 Å². The summed E-state index contributed by atoms with van der Waals surface area (Å²) in [7, 11) is -0.818. The van der Waals surface area contributed by atoms with E-state index in [4.69, 9.17) is 0 Å². The third-order valence-corrected chi connectivity index (χ3v) is 10.8. The summed E-state index contributed by atoms with van der Waals surface area (Å²) >= 11 is 0. The van der Waals surface area contributed by atoms with E-state index < -0.39 is 15.8 Å². The fourth-order valence-corrected chi connectivity index (χ4v) is 8.84. The molecular weight excluding hydrogens is 627 g/mol. The summed E-state index contributed by atoms with van der Waals surface area (Å²) in [6, 6.07) is 60.5. The van der Waals surface area contributed by atoms with Crippen LogP contribution in [0, 0.1) is 0 Å². The molecule has 0 saturated heterocycles. The molecule has 0 saturated carbocycles. The maximum absolute atomic E-state index is 2.23. The van der Waals surface area contributed by atoms with Crippen LogP contribution in [0.1, 0.15) is 0 Å². The average Bonchev–Trinajstić information content (AvgIpc) is 3.68. The van der Waals surface area contributed by atoms with Gasteiger partial charge < -0.3 is 0 Å². The minimum absolute atomic E-state index is 0. The first-order valence-electron chi connectivity index (χ1n) is 12.1. The Kier molecular flexibility index (Phi) is 12.6. The molecule has 0 aromatic heterocycles. The fraction of sp³-hybridized carbons (Fsp3) is 0. The van der Waals surface area contributed by atoms with Gasteiger partial charge in [0.25, 0.3) is 0 Å². The molecule has 0 N–H and O–H groups in total. The molecule has 0 aliphatic heterocycles. The maximum Gasteiger partial charge on any atom is 2.00 e. The summed E-state index contributed by atoms with van der Waals surface area (Å²) in [5.74, 6) is 0. The van der Waals surface area contributed by atoms with Crippen LogP contribution in [0.2, 0.25) is 0 Å². The van der Waals surface area contributed by atoms with Gasteiger partial charge in [-0.2, -0.15) is 24.3 Å². The van der Waals surface area contributed by atoms with Crippen molar-refractivity contribution in [3.05, 3.63) is 170 Å². The Hall–Kier alpha value is -2.42. The van der Waals surface area contributed by atoms with E-state index in [1.807, 2.05) is 0 Å². The largest absolute Gasteiger partial charge is 2.00 e. The van der Waals surface area contributed by atoms with Crippen molar-refractivity contribution in [1.29, 1.82) is 0 Å². The SMILES string of the molecule is [Fe+2].[Ru].c1ccc(P(c2ccccc2)c2ccc[cH-]2)cc1.c1ccc(P(c2ccccc2)c2ccc[cH-]2)cc1. The summed E-state index contributed by atoms with van der Waals surface area (Å²) in [5.41, 5.74) is 0. The van der Waals surface area contributed by atoms with Crippen LogP contribution in [-0.4, -0.2) is 0 Å². The molecule has 0 heterocycles. The Morgan fingerprint density at radius 2 is 0.605 bits per heavy atom. The number of benzene rings is 4. The number of rotatable bonds is 6. The summed E-state index contributed by atoms with van der Waals surface area (Å²) in [6.07, 6.45) is 0. The third-order valence-electron chi connectivity index (χ3n) is 5.86. The summed E-state index contributed by atoms with van der Waals surface area (Å²) in [6.45, 7) is 0. The maximum atomic E-state index is 2.23. The van der Waals surface area contributed by atoms with Gasteiger partial charge in [-0.05, 0) is 37.1 Å². The van der Waals surface area contributed by atoms with Gasteiger partial charge in [-0.25, -0.2) is 24.3 Å². The molecule has 0 aliphatic carbocycles. The van der Waals surface area contributed by atoms with E-state index in [0.717, 1.165) is 0 Å². The molecule has 0 fully saturated rings. The van der Waals surface area contributed by atoms with Gasteiger partial charge in [0, 0.05) is 19.5 Å². The van der Waals surface area contributed by atoms with Crippen LogP contribution in [0.15, 0.2) is 170 Å². The van der Waals surface area contributed by atoms with Crippen LogP contribution in [0.4, 0.5) is 0 Å². The molecule has 0 amide bonds. The van der Waals surface area contributed by atoms with Gasteiger partial charge in [-0.15, -0.1) is 10.6 Å². The monoisotopic (exact) mass is 656 g/mol. The van der Waals surface area contributed by atoms with Crippen LogP contribution >= 0.6 is 15.8 Å². The first kappa shape index (κ1) is 30.1. The van der Waals surface area contributed by atoms with Crippen molar-refractivity contribution in [2.75, 3.05) is 0 Å². The minimum Gasteiger partial charge on any atom is -0.213 e. The third kappa shape index (κ3) is 7.81. The van der Waals surface area contributed by atoms with Crippen molar-refractivity contribution in [3.63, 3.8) is 0 Å². The Morgan fingerprint density at radius 1 is 0.342 bits per heavy atom. The molecule has 190 valence electrons. The van der Waals surface area contributed by atoms with E-state index in [1.165, 1.54) is 31.8 Å². The van der Waals surface area contributed by atoms with Crippen molar-refractivity contribution < 1.29 is 36.5 Å². The number of hydrogen-bond donors (Lipinski definition) is 0. The zero-order valence-electron chi connectivity index (χ0n) is 20.8. The molecule has 0 nitrogen and oxygen atoms in total. The first-order valence-corrected chi connectivity index (χ1v) is 14.8. The fourth-order valence-electron chi connectivity index (χ4n) is 4.23. The molecule has 6 aromatic rings. The number of hydrogen-bond acceptors (Lipinski definition) is 0. The van der Waals surface area contributed by atoms with Gasteiger partial charge in [0.05, 0.1) is 0 Å². The minimum atomic E-state index is -0.409. The van der Waals surface area contributed by atoms with Crippen LogP contribution in [0.3, 0.4) is 0 Å². The summed E-state index contributed by atoms with van der Waals surface area (Å²) in [4.78, 5) is 0. The molecule has 0 aliphatic rings. The second-order valence-electron chi connectivity index (χ2n) is 8.30. The first-order chi connectivity index (χ1) is 17.9. The standard InChI is InChI=1S/2C17H14P.Fe.Ru/c2*1-3-9-15(10-4-1)18(17-13-7-8-14-17)16-11-5-2-6-12-16;;/h2*1-14H;;/q2*-1;+2;. The molecule has 4 heteroatoms. The average molecular weight is 655 g/mol. The van der Waals surface area contributed by atoms with Crippen molar-refractivity contribution in [1.82, 2.24) is 0 Å². The van der Waals surface area contributed by atoms with Gasteiger partial charge in [-0.1, -0.05) is 121 Å². The predicted molar refractivity (Wildman–Crippen MR) is 161 cm³/mol. The van der Waals surface area contributed by atoms with E-state index >= 15 is 0 Å². The zero-order chi connectivity index (χ0) is 24.4. The molecule has 0 unspecified atom stereocenters. The Labute approximate surface area is 252 Å². The molecule has 38 heavy (non-hydrogen) atoms. The van der Waals surface area contributed by atoms with Crippen molar-refractivity contribution in [2.45, 2.75) is 0 Å². The smallest absolute Gasteiger partial charge is 0.213 e. The Morgan fingerprint density at radius 3 is 0.816 bits per heavy atom. The Bertz CT molecular complexity index is 1210. The Balaban J connectivity index is 0.000000200. The molecular formula is C34H28FeP2Ru.